The fourth-order valence-corrected chi connectivity index (χ4v) is 2.75. The predicted molar refractivity (Wildman–Crippen MR) is 109 cm³/mol. The van der Waals surface area contributed by atoms with Gasteiger partial charge in [-0.1, -0.05) is 36.3 Å². The first-order valence-electron chi connectivity index (χ1n) is 7.94. The van der Waals surface area contributed by atoms with Crippen LogP contribution in [0.3, 0.4) is 0 Å². The Bertz CT molecular complexity index is 662. The highest BCUT2D eigenvalue weighted by molar-refractivity contribution is 14.0. The van der Waals surface area contributed by atoms with Gasteiger partial charge in [-0.05, 0) is 31.9 Å². The van der Waals surface area contributed by atoms with E-state index in [-0.39, 0.29) is 24.0 Å². The van der Waals surface area contributed by atoms with Crippen molar-refractivity contribution in [3.63, 3.8) is 0 Å². The van der Waals surface area contributed by atoms with Crippen LogP contribution in [0.15, 0.2) is 33.8 Å². The van der Waals surface area contributed by atoms with E-state index >= 15 is 0 Å². The van der Waals surface area contributed by atoms with E-state index in [2.05, 4.69) is 58.9 Å². The number of rotatable bonds is 5. The van der Waals surface area contributed by atoms with E-state index in [4.69, 9.17) is 4.52 Å². The highest BCUT2D eigenvalue weighted by atomic mass is 127. The summed E-state index contributed by atoms with van der Waals surface area (Å²) in [4.78, 5) is 4.29. The zero-order chi connectivity index (χ0) is 16.8. The van der Waals surface area contributed by atoms with Gasteiger partial charge >= 0.3 is 0 Å². The van der Waals surface area contributed by atoms with Gasteiger partial charge in [-0.25, -0.2) is 0 Å². The van der Waals surface area contributed by atoms with Gasteiger partial charge in [0.25, 0.3) is 0 Å². The van der Waals surface area contributed by atoms with Crippen LogP contribution in [0.4, 0.5) is 0 Å². The van der Waals surface area contributed by atoms with Crippen LogP contribution in [-0.2, 0) is 6.54 Å². The minimum absolute atomic E-state index is 0. The maximum absolute atomic E-state index is 5.24. The van der Waals surface area contributed by atoms with Gasteiger partial charge in [0.2, 0.25) is 0 Å². The Morgan fingerprint density at radius 2 is 1.92 bits per heavy atom. The number of hydrogen-bond acceptors (Lipinski definition) is 3. The Balaban J connectivity index is 0.00000288. The fourth-order valence-electron chi connectivity index (χ4n) is 2.75. The standard InChI is InChI=1S/C18H26N4O.HI/c1-12-8-6-7-9-16(12)11-21-18(19-5)20-10-13(2)17-14(3)22-23-15(17)4;/h6-9,13H,10-11H2,1-5H3,(H2,19,20,21);1H. The quantitative estimate of drug-likeness (QED) is 0.421. The second-order valence-electron chi connectivity index (χ2n) is 5.87. The summed E-state index contributed by atoms with van der Waals surface area (Å²) in [5.41, 5.74) is 4.68. The van der Waals surface area contributed by atoms with Crippen LogP contribution < -0.4 is 10.6 Å². The molecule has 1 atom stereocenters. The molecule has 2 aromatic rings. The largest absolute Gasteiger partial charge is 0.361 e. The topological polar surface area (TPSA) is 62.5 Å². The lowest BCUT2D eigenvalue weighted by Gasteiger charge is -2.16. The number of aromatic nitrogens is 1. The molecule has 0 fully saturated rings. The van der Waals surface area contributed by atoms with Crippen molar-refractivity contribution in [1.82, 2.24) is 15.8 Å². The molecule has 24 heavy (non-hydrogen) atoms. The predicted octanol–water partition coefficient (Wildman–Crippen LogP) is 3.69. The highest BCUT2D eigenvalue weighted by Gasteiger charge is 2.16. The van der Waals surface area contributed by atoms with Gasteiger partial charge in [0.05, 0.1) is 5.69 Å². The van der Waals surface area contributed by atoms with E-state index in [1.54, 1.807) is 7.05 Å². The average Bonchev–Trinajstić information content (AvgIpc) is 2.87. The van der Waals surface area contributed by atoms with Crippen LogP contribution in [-0.4, -0.2) is 24.7 Å². The van der Waals surface area contributed by atoms with Crippen molar-refractivity contribution in [2.24, 2.45) is 4.99 Å². The third kappa shape index (κ3) is 5.22. The number of nitrogens with zero attached hydrogens (tertiary/aromatic N) is 2. The van der Waals surface area contributed by atoms with E-state index in [0.717, 1.165) is 30.5 Å². The maximum Gasteiger partial charge on any atom is 0.191 e. The highest BCUT2D eigenvalue weighted by Crippen LogP contribution is 2.22. The summed E-state index contributed by atoms with van der Waals surface area (Å²) < 4.78 is 5.24. The van der Waals surface area contributed by atoms with Gasteiger partial charge in [0.1, 0.15) is 5.76 Å². The summed E-state index contributed by atoms with van der Waals surface area (Å²) in [5, 5.41) is 10.7. The molecule has 5 nitrogen and oxygen atoms in total. The summed E-state index contributed by atoms with van der Waals surface area (Å²) in [6, 6.07) is 8.35. The van der Waals surface area contributed by atoms with E-state index in [9.17, 15) is 0 Å². The lowest BCUT2D eigenvalue weighted by Crippen LogP contribution is -2.38. The fraction of sp³-hybridized carbons (Fsp3) is 0.444. The minimum Gasteiger partial charge on any atom is -0.361 e. The van der Waals surface area contributed by atoms with Crippen molar-refractivity contribution in [2.75, 3.05) is 13.6 Å². The molecule has 0 aliphatic carbocycles. The Labute approximate surface area is 161 Å². The van der Waals surface area contributed by atoms with E-state index in [1.165, 1.54) is 16.7 Å². The second kappa shape index (κ2) is 9.66. The molecule has 6 heteroatoms. The Morgan fingerprint density at radius 3 is 2.50 bits per heavy atom. The molecule has 1 aromatic heterocycles. The molecule has 0 saturated carbocycles. The van der Waals surface area contributed by atoms with Crippen LogP contribution >= 0.6 is 24.0 Å². The third-order valence-electron chi connectivity index (χ3n) is 4.09. The van der Waals surface area contributed by atoms with Gasteiger partial charge in [-0.2, -0.15) is 0 Å². The molecule has 0 saturated heterocycles. The minimum atomic E-state index is 0. The lowest BCUT2D eigenvalue weighted by molar-refractivity contribution is 0.391. The summed E-state index contributed by atoms with van der Waals surface area (Å²) in [7, 11) is 1.79. The molecule has 0 aliphatic heterocycles. The van der Waals surface area contributed by atoms with Gasteiger partial charge < -0.3 is 15.2 Å². The number of benzene rings is 1. The number of halogens is 1. The van der Waals surface area contributed by atoms with E-state index < -0.39 is 0 Å². The van der Waals surface area contributed by atoms with Crippen molar-refractivity contribution in [2.45, 2.75) is 40.2 Å². The average molecular weight is 442 g/mol. The van der Waals surface area contributed by atoms with Crippen molar-refractivity contribution in [3.05, 3.63) is 52.4 Å². The Morgan fingerprint density at radius 1 is 1.21 bits per heavy atom. The normalized spacial score (nSPS) is 12.5. The van der Waals surface area contributed by atoms with Crippen molar-refractivity contribution in [1.29, 1.82) is 0 Å². The van der Waals surface area contributed by atoms with Crippen LogP contribution in [0.1, 0.15) is 41.0 Å². The molecule has 1 heterocycles. The van der Waals surface area contributed by atoms with Crippen molar-refractivity contribution < 1.29 is 4.52 Å². The molecule has 0 radical (unpaired) electrons. The van der Waals surface area contributed by atoms with E-state index in [1.807, 2.05) is 13.8 Å². The molecule has 0 bridgehead atoms. The van der Waals surface area contributed by atoms with Gasteiger partial charge in [0, 0.05) is 31.6 Å². The van der Waals surface area contributed by atoms with Crippen LogP contribution in [0, 0.1) is 20.8 Å². The molecule has 132 valence electrons. The van der Waals surface area contributed by atoms with Gasteiger partial charge in [-0.3, -0.25) is 4.99 Å². The van der Waals surface area contributed by atoms with Gasteiger partial charge in [-0.15, -0.1) is 24.0 Å². The maximum atomic E-state index is 5.24. The number of aryl methyl sites for hydroxylation is 3. The second-order valence-corrected chi connectivity index (χ2v) is 5.87. The number of aliphatic imine (C=N–C) groups is 1. The van der Waals surface area contributed by atoms with Gasteiger partial charge in [0.15, 0.2) is 5.96 Å². The zero-order valence-corrected chi connectivity index (χ0v) is 17.3. The number of guanidine groups is 1. The molecular formula is C18H27IN4O. The molecular weight excluding hydrogens is 415 g/mol. The molecule has 1 unspecified atom stereocenters. The first-order chi connectivity index (χ1) is 11.0. The SMILES string of the molecule is CN=C(NCc1ccccc1C)NCC(C)c1c(C)noc1C.I. The Kier molecular flexibility index (Phi) is 8.24. The molecule has 1 aromatic carbocycles. The summed E-state index contributed by atoms with van der Waals surface area (Å²) >= 11 is 0. The molecule has 2 N–H and O–H groups in total. The molecule has 0 spiro atoms. The molecule has 0 aliphatic rings. The number of hydrogen-bond donors (Lipinski definition) is 2. The molecule has 2 rings (SSSR count). The lowest BCUT2D eigenvalue weighted by atomic mass is 10.00. The summed E-state index contributed by atoms with van der Waals surface area (Å²) in [6.45, 7) is 9.74. The summed E-state index contributed by atoms with van der Waals surface area (Å²) in [5.74, 6) is 1.99. The number of nitrogens with one attached hydrogen (secondary N) is 2. The monoisotopic (exact) mass is 442 g/mol. The molecule has 0 amide bonds. The van der Waals surface area contributed by atoms with Crippen LogP contribution in [0.5, 0.6) is 0 Å². The Hall–Kier alpha value is -1.57. The first kappa shape index (κ1) is 20.5. The van der Waals surface area contributed by atoms with E-state index in [0.29, 0.717) is 5.92 Å². The smallest absolute Gasteiger partial charge is 0.191 e. The van der Waals surface area contributed by atoms with Crippen molar-refractivity contribution >= 4 is 29.9 Å². The van der Waals surface area contributed by atoms with Crippen LogP contribution in [0.25, 0.3) is 0 Å². The van der Waals surface area contributed by atoms with Crippen LogP contribution in [0.2, 0.25) is 0 Å². The first-order valence-corrected chi connectivity index (χ1v) is 7.94. The van der Waals surface area contributed by atoms with Crippen molar-refractivity contribution in [3.8, 4) is 0 Å². The zero-order valence-electron chi connectivity index (χ0n) is 15.0. The summed E-state index contributed by atoms with van der Waals surface area (Å²) in [6.07, 6.45) is 0. The third-order valence-corrected chi connectivity index (χ3v) is 4.09.